The van der Waals surface area contributed by atoms with Crippen molar-refractivity contribution in [2.45, 2.75) is 6.54 Å². The number of halogens is 1. The Morgan fingerprint density at radius 1 is 1.11 bits per heavy atom. The summed E-state index contributed by atoms with van der Waals surface area (Å²) in [6, 6.07) is 16.2. The second-order valence-electron chi connectivity index (χ2n) is 8.42. The van der Waals surface area contributed by atoms with Crippen molar-refractivity contribution in [2.24, 2.45) is 5.73 Å². The van der Waals surface area contributed by atoms with E-state index in [-0.39, 0.29) is 30.5 Å². The van der Waals surface area contributed by atoms with Gasteiger partial charge in [0.25, 0.3) is 5.91 Å². The molecule has 9 nitrogen and oxygen atoms in total. The van der Waals surface area contributed by atoms with Gasteiger partial charge in [-0.2, -0.15) is 5.10 Å². The van der Waals surface area contributed by atoms with Crippen molar-refractivity contribution < 1.29 is 23.8 Å². The highest BCUT2D eigenvalue weighted by atomic mass is 32.1. The molecular formula is C27H22FN5O4S. The lowest BCUT2D eigenvalue weighted by Crippen LogP contribution is -2.19. The first-order valence-corrected chi connectivity index (χ1v) is 12.4. The summed E-state index contributed by atoms with van der Waals surface area (Å²) in [4.78, 5) is 28.5. The van der Waals surface area contributed by atoms with Crippen LogP contribution in [0.2, 0.25) is 0 Å². The van der Waals surface area contributed by atoms with Crippen molar-refractivity contribution >= 4 is 39.7 Å². The van der Waals surface area contributed by atoms with Crippen molar-refractivity contribution in [3.63, 3.8) is 0 Å². The van der Waals surface area contributed by atoms with Gasteiger partial charge in [0.1, 0.15) is 28.9 Å². The van der Waals surface area contributed by atoms with Gasteiger partial charge < -0.3 is 20.9 Å². The summed E-state index contributed by atoms with van der Waals surface area (Å²) in [5.74, 6) is -1.22. The number of nitrogens with two attached hydrogens (primary N) is 1. The van der Waals surface area contributed by atoms with E-state index in [1.807, 2.05) is 6.07 Å². The second-order valence-corrected chi connectivity index (χ2v) is 9.28. The molecule has 0 aliphatic heterocycles. The zero-order valence-electron chi connectivity index (χ0n) is 19.9. The predicted octanol–water partition coefficient (Wildman–Crippen LogP) is 4.43. The van der Waals surface area contributed by atoms with Gasteiger partial charge in [0.15, 0.2) is 0 Å². The topological polar surface area (TPSA) is 132 Å². The van der Waals surface area contributed by atoms with Crippen LogP contribution in [0.3, 0.4) is 0 Å². The lowest BCUT2D eigenvalue weighted by atomic mass is 10.0. The van der Waals surface area contributed by atoms with E-state index in [1.54, 1.807) is 58.7 Å². The van der Waals surface area contributed by atoms with E-state index in [4.69, 9.17) is 10.5 Å². The third kappa shape index (κ3) is 5.69. The minimum atomic E-state index is -0.547. The molecule has 3 aromatic carbocycles. The molecule has 0 unspecified atom stereocenters. The van der Waals surface area contributed by atoms with Crippen LogP contribution in [0.15, 0.2) is 72.2 Å². The number of carbonyl (C=O) groups excluding carboxylic acids is 2. The zero-order valence-corrected chi connectivity index (χ0v) is 20.7. The molecule has 4 N–H and O–H groups in total. The normalized spacial score (nSPS) is 11.1. The fourth-order valence-corrected chi connectivity index (χ4v) is 4.67. The smallest absolute Gasteiger partial charge is 0.275 e. The lowest BCUT2D eigenvalue weighted by molar-refractivity contribution is -0.122. The van der Waals surface area contributed by atoms with Crippen LogP contribution in [-0.4, -0.2) is 44.9 Å². The number of amides is 2. The number of hydrogen-bond acceptors (Lipinski definition) is 7. The molecule has 0 atom stereocenters. The lowest BCUT2D eigenvalue weighted by Gasteiger charge is -2.11. The number of carbonyl (C=O) groups is 2. The van der Waals surface area contributed by atoms with Crippen molar-refractivity contribution in [2.75, 3.05) is 18.5 Å². The second kappa shape index (κ2) is 10.8. The Morgan fingerprint density at radius 2 is 1.92 bits per heavy atom. The predicted molar refractivity (Wildman–Crippen MR) is 142 cm³/mol. The van der Waals surface area contributed by atoms with Gasteiger partial charge in [-0.3, -0.25) is 14.3 Å². The minimum absolute atomic E-state index is 0.112. The number of aromatic hydroxyl groups is 1. The molecule has 0 saturated heterocycles. The highest BCUT2D eigenvalue weighted by Gasteiger charge is 2.17. The Labute approximate surface area is 220 Å². The fraction of sp³-hybridized carbons (Fsp3) is 0.111. The van der Waals surface area contributed by atoms with Crippen molar-refractivity contribution in [3.05, 3.63) is 83.8 Å². The van der Waals surface area contributed by atoms with Crippen LogP contribution in [0.4, 0.5) is 10.1 Å². The number of ether oxygens (including phenoxy) is 1. The summed E-state index contributed by atoms with van der Waals surface area (Å²) in [6.45, 7) is 0.471. The molecule has 0 bridgehead atoms. The van der Waals surface area contributed by atoms with Crippen LogP contribution in [0.25, 0.3) is 32.6 Å². The Kier molecular flexibility index (Phi) is 7.11. The SMILES string of the molecule is NC(=O)COCCn1cc2cc(NC(=O)c3csc(-c4cccc(O)c4)n3)c(-c3ccc(F)cc3)cc2n1. The van der Waals surface area contributed by atoms with Crippen LogP contribution in [0.1, 0.15) is 10.5 Å². The van der Waals surface area contributed by atoms with Gasteiger partial charge >= 0.3 is 0 Å². The number of hydrogen-bond donors (Lipinski definition) is 3. The molecule has 2 heterocycles. The maximum absolute atomic E-state index is 13.6. The number of aromatic nitrogens is 3. The van der Waals surface area contributed by atoms with Gasteiger partial charge in [-0.1, -0.05) is 24.3 Å². The molecular weight excluding hydrogens is 509 g/mol. The molecule has 0 aliphatic rings. The van der Waals surface area contributed by atoms with Crippen molar-refractivity contribution in [1.82, 2.24) is 14.8 Å². The number of phenolic OH excluding ortho intramolecular Hbond substituents is 1. The first-order valence-electron chi connectivity index (χ1n) is 11.6. The van der Waals surface area contributed by atoms with Crippen molar-refractivity contribution in [1.29, 1.82) is 0 Å². The van der Waals surface area contributed by atoms with E-state index in [0.29, 0.717) is 39.4 Å². The molecule has 11 heteroatoms. The Hall–Kier alpha value is -4.61. The van der Waals surface area contributed by atoms with Gasteiger partial charge in [0.2, 0.25) is 5.91 Å². The van der Waals surface area contributed by atoms with Gasteiger partial charge in [-0.05, 0) is 42.0 Å². The average molecular weight is 532 g/mol. The molecule has 2 amide bonds. The number of nitrogens with zero attached hydrogens (tertiary/aromatic N) is 3. The number of phenols is 1. The first kappa shape index (κ1) is 25.1. The van der Waals surface area contributed by atoms with E-state index < -0.39 is 11.8 Å². The van der Waals surface area contributed by atoms with E-state index in [1.165, 1.54) is 23.5 Å². The maximum Gasteiger partial charge on any atom is 0.275 e. The summed E-state index contributed by atoms with van der Waals surface area (Å²) < 4.78 is 20.5. The highest BCUT2D eigenvalue weighted by molar-refractivity contribution is 7.13. The molecule has 5 aromatic rings. The summed E-state index contributed by atoms with van der Waals surface area (Å²) >= 11 is 1.29. The van der Waals surface area contributed by atoms with E-state index >= 15 is 0 Å². The van der Waals surface area contributed by atoms with Crippen LogP contribution < -0.4 is 11.1 Å². The fourth-order valence-electron chi connectivity index (χ4n) is 3.88. The number of anilines is 1. The molecule has 0 saturated carbocycles. The standard InChI is InChI=1S/C27H22FN5O4S/c28-19-6-4-16(5-7-19)21-12-22-18(13-33(32-22)8-9-37-14-25(29)35)11-23(21)30-26(36)24-15-38-27(31-24)17-2-1-3-20(34)10-17/h1-7,10-13,15,34H,8-9,14H2,(H2,29,35)(H,30,36). The van der Waals surface area contributed by atoms with E-state index in [0.717, 1.165) is 5.39 Å². The molecule has 2 aromatic heterocycles. The third-order valence-electron chi connectivity index (χ3n) is 5.63. The molecule has 5 rings (SSSR count). The molecule has 38 heavy (non-hydrogen) atoms. The number of fused-ring (bicyclic) bond motifs is 1. The number of primary amides is 1. The van der Waals surface area contributed by atoms with Crippen LogP contribution in [0.5, 0.6) is 5.75 Å². The number of thiazole rings is 1. The van der Waals surface area contributed by atoms with Gasteiger partial charge in [0, 0.05) is 33.8 Å². The van der Waals surface area contributed by atoms with Gasteiger partial charge in [-0.25, -0.2) is 9.37 Å². The quantitative estimate of drug-likeness (QED) is 0.241. The van der Waals surface area contributed by atoms with Crippen molar-refractivity contribution in [3.8, 4) is 27.4 Å². The average Bonchev–Trinajstić information content (AvgIpc) is 3.54. The molecule has 0 fully saturated rings. The minimum Gasteiger partial charge on any atom is -0.508 e. The van der Waals surface area contributed by atoms with E-state index in [2.05, 4.69) is 15.4 Å². The van der Waals surface area contributed by atoms with Gasteiger partial charge in [-0.15, -0.1) is 11.3 Å². The Morgan fingerprint density at radius 3 is 2.68 bits per heavy atom. The first-order chi connectivity index (χ1) is 18.4. The molecule has 0 radical (unpaired) electrons. The molecule has 0 spiro atoms. The number of rotatable bonds is 9. The van der Waals surface area contributed by atoms with Gasteiger partial charge in [0.05, 0.1) is 18.7 Å². The summed E-state index contributed by atoms with van der Waals surface area (Å²) in [5, 5.41) is 20.3. The molecule has 0 aliphatic carbocycles. The number of nitrogens with one attached hydrogen (secondary N) is 1. The Balaban J connectivity index is 1.44. The van der Waals surface area contributed by atoms with Crippen LogP contribution in [0, 0.1) is 5.82 Å². The third-order valence-corrected chi connectivity index (χ3v) is 6.52. The van der Waals surface area contributed by atoms with Crippen LogP contribution in [-0.2, 0) is 16.1 Å². The molecule has 192 valence electrons. The summed E-state index contributed by atoms with van der Waals surface area (Å²) in [6.07, 6.45) is 1.80. The highest BCUT2D eigenvalue weighted by Crippen LogP contribution is 2.33. The Bertz CT molecular complexity index is 1630. The summed E-state index contributed by atoms with van der Waals surface area (Å²) in [7, 11) is 0. The maximum atomic E-state index is 13.6. The van der Waals surface area contributed by atoms with Crippen LogP contribution >= 0.6 is 11.3 Å². The zero-order chi connectivity index (χ0) is 26.6. The number of benzene rings is 3. The largest absolute Gasteiger partial charge is 0.508 e. The van der Waals surface area contributed by atoms with E-state index in [9.17, 15) is 19.1 Å². The summed E-state index contributed by atoms with van der Waals surface area (Å²) in [5.41, 5.74) is 8.54. The monoisotopic (exact) mass is 531 g/mol.